The highest BCUT2D eigenvalue weighted by atomic mass is 16.5. The van der Waals surface area contributed by atoms with Crippen LogP contribution in [0.15, 0.2) is 53.3 Å². The van der Waals surface area contributed by atoms with E-state index in [0.29, 0.717) is 34.5 Å². The molecule has 1 saturated heterocycles. The van der Waals surface area contributed by atoms with Crippen molar-refractivity contribution in [1.29, 1.82) is 0 Å². The molecule has 4 aromatic heterocycles. The van der Waals surface area contributed by atoms with Gasteiger partial charge in [0.1, 0.15) is 23.2 Å². The van der Waals surface area contributed by atoms with Gasteiger partial charge < -0.3 is 14.7 Å². The van der Waals surface area contributed by atoms with E-state index in [0.717, 1.165) is 18.8 Å². The zero-order valence-electron chi connectivity index (χ0n) is 17.1. The SMILES string of the molecule is CN1CCC(c2cc(-c3cccc(-c4ccnc(Nc5ccnn5C)n4)n3)no2)C1=O. The fourth-order valence-corrected chi connectivity index (χ4v) is 3.55. The van der Waals surface area contributed by atoms with Crippen molar-refractivity contribution in [1.82, 2.24) is 34.8 Å². The van der Waals surface area contributed by atoms with Crippen molar-refractivity contribution in [2.45, 2.75) is 12.3 Å². The van der Waals surface area contributed by atoms with Crippen LogP contribution in [0.3, 0.4) is 0 Å². The van der Waals surface area contributed by atoms with Gasteiger partial charge in [-0.15, -0.1) is 0 Å². The van der Waals surface area contributed by atoms with E-state index in [1.54, 1.807) is 41.2 Å². The maximum Gasteiger partial charge on any atom is 0.233 e. The molecule has 1 N–H and O–H groups in total. The Morgan fingerprint density at radius 1 is 1.03 bits per heavy atom. The van der Waals surface area contributed by atoms with Crippen LogP contribution in [0.4, 0.5) is 11.8 Å². The van der Waals surface area contributed by atoms with Gasteiger partial charge in [-0.3, -0.25) is 9.48 Å². The van der Waals surface area contributed by atoms with Gasteiger partial charge in [0.15, 0.2) is 0 Å². The molecule has 4 aromatic rings. The van der Waals surface area contributed by atoms with Crippen molar-refractivity contribution < 1.29 is 9.32 Å². The van der Waals surface area contributed by atoms with Crippen LogP contribution in [0, 0.1) is 0 Å². The minimum absolute atomic E-state index is 0.0545. The molecule has 0 aromatic carbocycles. The van der Waals surface area contributed by atoms with Gasteiger partial charge in [0.05, 0.1) is 23.3 Å². The average Bonchev–Trinajstić information content (AvgIpc) is 3.51. The molecule has 1 unspecified atom stereocenters. The van der Waals surface area contributed by atoms with Crippen LogP contribution >= 0.6 is 0 Å². The summed E-state index contributed by atoms with van der Waals surface area (Å²) < 4.78 is 7.17. The van der Waals surface area contributed by atoms with E-state index >= 15 is 0 Å². The Labute approximate surface area is 177 Å². The van der Waals surface area contributed by atoms with Gasteiger partial charge in [-0.25, -0.2) is 15.0 Å². The lowest BCUT2D eigenvalue weighted by atomic mass is 10.0. The van der Waals surface area contributed by atoms with Crippen molar-refractivity contribution in [3.8, 4) is 22.8 Å². The van der Waals surface area contributed by atoms with Crippen LogP contribution in [-0.2, 0) is 11.8 Å². The highest BCUT2D eigenvalue weighted by Crippen LogP contribution is 2.30. The van der Waals surface area contributed by atoms with Crippen LogP contribution in [0.1, 0.15) is 18.1 Å². The molecule has 0 radical (unpaired) electrons. The van der Waals surface area contributed by atoms with E-state index in [9.17, 15) is 4.79 Å². The number of carbonyl (C=O) groups is 1. The molecular weight excluding hydrogens is 396 g/mol. The van der Waals surface area contributed by atoms with Crippen LogP contribution in [0.25, 0.3) is 22.8 Å². The molecule has 1 amide bonds. The summed E-state index contributed by atoms with van der Waals surface area (Å²) in [6.07, 6.45) is 4.09. The van der Waals surface area contributed by atoms with Crippen molar-refractivity contribution in [2.24, 2.45) is 7.05 Å². The lowest BCUT2D eigenvalue weighted by Crippen LogP contribution is -2.21. The van der Waals surface area contributed by atoms with Gasteiger partial charge in [0.2, 0.25) is 11.9 Å². The largest absolute Gasteiger partial charge is 0.360 e. The summed E-state index contributed by atoms with van der Waals surface area (Å²) in [7, 11) is 3.63. The topological polar surface area (TPSA) is 115 Å². The predicted octanol–water partition coefficient (Wildman–Crippen LogP) is 2.62. The maximum absolute atomic E-state index is 12.3. The number of hydrogen-bond donors (Lipinski definition) is 1. The first-order chi connectivity index (χ1) is 15.1. The second kappa shape index (κ2) is 7.63. The fraction of sp³-hybridized carbons (Fsp3) is 0.238. The number of nitrogens with zero attached hydrogens (tertiary/aromatic N) is 7. The van der Waals surface area contributed by atoms with E-state index in [4.69, 9.17) is 4.52 Å². The Morgan fingerprint density at radius 3 is 2.58 bits per heavy atom. The molecule has 5 rings (SSSR count). The lowest BCUT2D eigenvalue weighted by molar-refractivity contribution is -0.128. The van der Waals surface area contributed by atoms with Gasteiger partial charge in [-0.05, 0) is 24.6 Å². The van der Waals surface area contributed by atoms with Gasteiger partial charge in [0.25, 0.3) is 0 Å². The molecule has 1 atom stereocenters. The molecule has 0 spiro atoms. The molecule has 1 fully saturated rings. The summed E-state index contributed by atoms with van der Waals surface area (Å²) in [4.78, 5) is 27.5. The van der Waals surface area contributed by atoms with Crippen LogP contribution in [-0.4, -0.2) is 54.3 Å². The molecular formula is C21H20N8O2. The van der Waals surface area contributed by atoms with Crippen molar-refractivity contribution in [2.75, 3.05) is 18.9 Å². The summed E-state index contributed by atoms with van der Waals surface area (Å²) in [6.45, 7) is 0.718. The number of carbonyl (C=O) groups excluding carboxylic acids is 1. The Morgan fingerprint density at radius 2 is 1.84 bits per heavy atom. The number of pyridine rings is 1. The van der Waals surface area contributed by atoms with E-state index in [2.05, 4.69) is 30.5 Å². The highest BCUT2D eigenvalue weighted by Gasteiger charge is 2.33. The molecule has 10 heteroatoms. The normalized spacial score (nSPS) is 16.1. The lowest BCUT2D eigenvalue weighted by Gasteiger charge is -2.07. The second-order valence-corrected chi connectivity index (χ2v) is 7.35. The first kappa shape index (κ1) is 18.9. The Balaban J connectivity index is 1.41. The minimum Gasteiger partial charge on any atom is -0.360 e. The third-order valence-electron chi connectivity index (χ3n) is 5.29. The van der Waals surface area contributed by atoms with E-state index in [-0.39, 0.29) is 11.8 Å². The number of amides is 1. The van der Waals surface area contributed by atoms with Crippen LogP contribution in [0.5, 0.6) is 0 Å². The average molecular weight is 416 g/mol. The van der Waals surface area contributed by atoms with Gasteiger partial charge in [0, 0.05) is 39.0 Å². The summed E-state index contributed by atoms with van der Waals surface area (Å²) in [5.41, 5.74) is 2.57. The summed E-state index contributed by atoms with van der Waals surface area (Å²) in [5.74, 6) is 1.57. The monoisotopic (exact) mass is 416 g/mol. The van der Waals surface area contributed by atoms with Gasteiger partial charge in [-0.2, -0.15) is 5.10 Å². The van der Waals surface area contributed by atoms with E-state index in [1.165, 1.54) is 0 Å². The maximum atomic E-state index is 12.3. The first-order valence-corrected chi connectivity index (χ1v) is 9.86. The molecule has 5 heterocycles. The summed E-state index contributed by atoms with van der Waals surface area (Å²) >= 11 is 0. The Bertz CT molecular complexity index is 1250. The number of hydrogen-bond acceptors (Lipinski definition) is 8. The summed E-state index contributed by atoms with van der Waals surface area (Å²) in [5, 5.41) is 11.4. The number of anilines is 2. The third-order valence-corrected chi connectivity index (χ3v) is 5.29. The Kier molecular flexibility index (Phi) is 4.66. The molecule has 10 nitrogen and oxygen atoms in total. The van der Waals surface area contributed by atoms with E-state index in [1.807, 2.05) is 31.3 Å². The quantitative estimate of drug-likeness (QED) is 0.528. The second-order valence-electron chi connectivity index (χ2n) is 7.35. The molecule has 1 aliphatic heterocycles. The molecule has 156 valence electrons. The van der Waals surface area contributed by atoms with Crippen LogP contribution in [0.2, 0.25) is 0 Å². The first-order valence-electron chi connectivity index (χ1n) is 9.86. The van der Waals surface area contributed by atoms with Crippen molar-refractivity contribution >= 4 is 17.7 Å². The molecule has 1 aliphatic rings. The standard InChI is InChI=1S/C21H20N8O2/c1-28-11-8-13(20(28)30)18-12-17(27-31-18)15-5-3-4-14(24-15)16-6-9-22-21(25-16)26-19-7-10-23-29(19)2/h3-7,9-10,12-13H,8,11H2,1-2H3,(H,22,25,26). The number of likely N-dealkylation sites (N-methyl/N-ethyl adjacent to an activating group) is 1. The van der Waals surface area contributed by atoms with E-state index < -0.39 is 0 Å². The number of nitrogens with one attached hydrogen (secondary N) is 1. The molecule has 0 aliphatic carbocycles. The van der Waals surface area contributed by atoms with Gasteiger partial charge in [-0.1, -0.05) is 11.2 Å². The van der Waals surface area contributed by atoms with Crippen LogP contribution < -0.4 is 5.32 Å². The zero-order chi connectivity index (χ0) is 21.4. The summed E-state index contributed by atoms with van der Waals surface area (Å²) in [6, 6.07) is 11.0. The number of rotatable bonds is 5. The number of aryl methyl sites for hydroxylation is 1. The van der Waals surface area contributed by atoms with Crippen molar-refractivity contribution in [3.63, 3.8) is 0 Å². The predicted molar refractivity (Wildman–Crippen MR) is 112 cm³/mol. The molecule has 0 bridgehead atoms. The van der Waals surface area contributed by atoms with Crippen molar-refractivity contribution in [3.05, 3.63) is 54.6 Å². The smallest absolute Gasteiger partial charge is 0.233 e. The zero-order valence-corrected chi connectivity index (χ0v) is 17.1. The fourth-order valence-electron chi connectivity index (χ4n) is 3.55. The molecule has 31 heavy (non-hydrogen) atoms. The molecule has 0 saturated carbocycles. The Hall–Kier alpha value is -4.08. The minimum atomic E-state index is -0.281. The highest BCUT2D eigenvalue weighted by molar-refractivity contribution is 5.85. The number of likely N-dealkylation sites (tertiary alicyclic amines) is 1. The number of aromatic nitrogens is 6. The van der Waals surface area contributed by atoms with Gasteiger partial charge >= 0.3 is 0 Å². The third kappa shape index (κ3) is 3.63.